The molecule has 2 heterocycles. The first-order valence-electron chi connectivity index (χ1n) is 5.35. The van der Waals surface area contributed by atoms with Crippen LogP contribution < -0.4 is 11.1 Å². The molecule has 0 unspecified atom stereocenters. The number of thiophene rings is 1. The van der Waals surface area contributed by atoms with E-state index in [1.54, 1.807) is 18.5 Å². The number of nitrogens with two attached hydrogens (primary N) is 1. The summed E-state index contributed by atoms with van der Waals surface area (Å²) in [7, 11) is 0. The maximum Gasteiger partial charge on any atom is 0.261 e. The second kappa shape index (κ2) is 6.00. The van der Waals surface area contributed by atoms with Crippen LogP contribution in [0.1, 0.15) is 20.4 Å². The number of nitrogens with zero attached hydrogens (tertiary/aromatic N) is 1. The summed E-state index contributed by atoms with van der Waals surface area (Å²) in [6, 6.07) is 3.57. The number of aromatic nitrogens is 2. The van der Waals surface area contributed by atoms with E-state index >= 15 is 0 Å². The molecule has 0 saturated heterocycles. The molecular formula is C12H12N4OS. The number of hydrogen-bond acceptors (Lipinski definition) is 4. The monoisotopic (exact) mass is 260 g/mol. The third-order valence-corrected chi connectivity index (χ3v) is 3.11. The van der Waals surface area contributed by atoms with Gasteiger partial charge in [-0.15, -0.1) is 11.3 Å². The van der Waals surface area contributed by atoms with Crippen LogP contribution in [-0.4, -0.2) is 22.4 Å². The van der Waals surface area contributed by atoms with Crippen molar-refractivity contribution < 1.29 is 4.79 Å². The van der Waals surface area contributed by atoms with Crippen LogP contribution in [0.5, 0.6) is 0 Å². The molecule has 2 rings (SSSR count). The second-order valence-corrected chi connectivity index (χ2v) is 4.47. The minimum atomic E-state index is -0.128. The Morgan fingerprint density at radius 2 is 2.44 bits per heavy atom. The number of H-pyrrole nitrogens is 1. The molecule has 2 aromatic heterocycles. The van der Waals surface area contributed by atoms with Gasteiger partial charge in [-0.3, -0.25) is 4.79 Å². The van der Waals surface area contributed by atoms with E-state index in [4.69, 9.17) is 5.73 Å². The van der Waals surface area contributed by atoms with Gasteiger partial charge < -0.3 is 16.0 Å². The molecule has 0 aromatic carbocycles. The molecule has 0 aliphatic carbocycles. The third kappa shape index (κ3) is 3.20. The zero-order chi connectivity index (χ0) is 12.8. The predicted molar refractivity (Wildman–Crippen MR) is 70.0 cm³/mol. The molecule has 4 N–H and O–H groups in total. The fourth-order valence-electron chi connectivity index (χ4n) is 1.31. The summed E-state index contributed by atoms with van der Waals surface area (Å²) in [5.74, 6) is 6.24. The standard InChI is InChI=1S/C12H12N4OS/c13-5-1-2-9-3-4-10(18-9)12(17)16-8-11-14-6-7-15-11/h3-4,6-7H,5,8,13H2,(H,14,15)(H,16,17). The summed E-state index contributed by atoms with van der Waals surface area (Å²) < 4.78 is 0. The minimum Gasteiger partial charge on any atom is -0.347 e. The quantitative estimate of drug-likeness (QED) is 0.711. The van der Waals surface area contributed by atoms with Crippen molar-refractivity contribution in [2.24, 2.45) is 5.73 Å². The summed E-state index contributed by atoms with van der Waals surface area (Å²) in [6.07, 6.45) is 3.36. The molecule has 0 aliphatic rings. The number of carbonyl (C=O) groups excluding carboxylic acids is 1. The van der Waals surface area contributed by atoms with Crippen LogP contribution in [0.4, 0.5) is 0 Å². The lowest BCUT2D eigenvalue weighted by Crippen LogP contribution is -2.22. The highest BCUT2D eigenvalue weighted by molar-refractivity contribution is 7.14. The van der Waals surface area contributed by atoms with Crippen molar-refractivity contribution in [2.45, 2.75) is 6.54 Å². The highest BCUT2D eigenvalue weighted by Crippen LogP contribution is 2.15. The van der Waals surface area contributed by atoms with Crippen molar-refractivity contribution in [3.8, 4) is 11.8 Å². The van der Waals surface area contributed by atoms with Gasteiger partial charge in [-0.05, 0) is 12.1 Å². The Hall–Kier alpha value is -2.10. The molecule has 6 heteroatoms. The average Bonchev–Trinajstić information content (AvgIpc) is 3.04. The zero-order valence-corrected chi connectivity index (χ0v) is 10.4. The van der Waals surface area contributed by atoms with Gasteiger partial charge >= 0.3 is 0 Å². The zero-order valence-electron chi connectivity index (χ0n) is 9.56. The Labute approximate surface area is 108 Å². The van der Waals surface area contributed by atoms with Crippen molar-refractivity contribution in [3.05, 3.63) is 40.1 Å². The van der Waals surface area contributed by atoms with Gasteiger partial charge in [0, 0.05) is 12.4 Å². The molecule has 0 atom stereocenters. The van der Waals surface area contributed by atoms with Crippen molar-refractivity contribution >= 4 is 17.2 Å². The van der Waals surface area contributed by atoms with Gasteiger partial charge in [-0.25, -0.2) is 4.98 Å². The van der Waals surface area contributed by atoms with Gasteiger partial charge in [-0.1, -0.05) is 11.8 Å². The highest BCUT2D eigenvalue weighted by atomic mass is 32.1. The van der Waals surface area contributed by atoms with Crippen molar-refractivity contribution in [1.29, 1.82) is 0 Å². The summed E-state index contributed by atoms with van der Waals surface area (Å²) in [5, 5.41) is 2.78. The van der Waals surface area contributed by atoms with Crippen LogP contribution in [0, 0.1) is 11.8 Å². The Morgan fingerprint density at radius 3 is 3.17 bits per heavy atom. The van der Waals surface area contributed by atoms with Crippen molar-refractivity contribution in [2.75, 3.05) is 6.54 Å². The van der Waals surface area contributed by atoms with Crippen LogP contribution in [-0.2, 0) is 6.54 Å². The van der Waals surface area contributed by atoms with Crippen LogP contribution in [0.15, 0.2) is 24.5 Å². The van der Waals surface area contributed by atoms with Crippen LogP contribution in [0.25, 0.3) is 0 Å². The number of hydrogen-bond donors (Lipinski definition) is 3. The summed E-state index contributed by atoms with van der Waals surface area (Å²) in [4.78, 5) is 20.2. The van der Waals surface area contributed by atoms with Crippen LogP contribution in [0.2, 0.25) is 0 Å². The normalized spacial score (nSPS) is 9.61. The SMILES string of the molecule is NCC#Cc1ccc(C(=O)NCc2ncc[nH]2)s1. The minimum absolute atomic E-state index is 0.128. The van der Waals surface area contributed by atoms with Gasteiger partial charge in [0.25, 0.3) is 5.91 Å². The molecule has 0 aliphatic heterocycles. The molecule has 0 fully saturated rings. The van der Waals surface area contributed by atoms with Crippen molar-refractivity contribution in [1.82, 2.24) is 15.3 Å². The topological polar surface area (TPSA) is 83.8 Å². The molecule has 1 amide bonds. The van der Waals surface area contributed by atoms with Gasteiger partial charge in [0.15, 0.2) is 0 Å². The lowest BCUT2D eigenvalue weighted by atomic mass is 10.4. The Bertz CT molecular complexity index is 577. The summed E-state index contributed by atoms with van der Waals surface area (Å²) >= 11 is 1.35. The van der Waals surface area contributed by atoms with E-state index in [-0.39, 0.29) is 5.91 Å². The number of aromatic amines is 1. The molecule has 0 radical (unpaired) electrons. The predicted octanol–water partition coefficient (Wildman–Crippen LogP) is 0.711. The van der Waals surface area contributed by atoms with E-state index in [2.05, 4.69) is 27.1 Å². The van der Waals surface area contributed by atoms with E-state index < -0.39 is 0 Å². The third-order valence-electron chi connectivity index (χ3n) is 2.11. The van der Waals surface area contributed by atoms with E-state index in [9.17, 15) is 4.79 Å². The van der Waals surface area contributed by atoms with E-state index in [1.807, 2.05) is 6.07 Å². The number of nitrogens with one attached hydrogen (secondary N) is 2. The van der Waals surface area contributed by atoms with Crippen LogP contribution >= 0.6 is 11.3 Å². The summed E-state index contributed by atoms with van der Waals surface area (Å²) in [5.41, 5.74) is 5.29. The Kier molecular flexibility index (Phi) is 4.12. The molecule has 2 aromatic rings. The van der Waals surface area contributed by atoms with Crippen molar-refractivity contribution in [3.63, 3.8) is 0 Å². The Morgan fingerprint density at radius 1 is 1.56 bits per heavy atom. The molecule has 18 heavy (non-hydrogen) atoms. The highest BCUT2D eigenvalue weighted by Gasteiger charge is 2.08. The maximum absolute atomic E-state index is 11.8. The molecule has 0 bridgehead atoms. The van der Waals surface area contributed by atoms with E-state index in [0.29, 0.717) is 18.0 Å². The lowest BCUT2D eigenvalue weighted by molar-refractivity contribution is 0.0954. The van der Waals surface area contributed by atoms with Gasteiger partial charge in [0.05, 0.1) is 22.8 Å². The summed E-state index contributed by atoms with van der Waals surface area (Å²) in [6.45, 7) is 0.700. The molecule has 0 spiro atoms. The second-order valence-electron chi connectivity index (χ2n) is 3.39. The maximum atomic E-state index is 11.8. The number of carbonyl (C=O) groups is 1. The lowest BCUT2D eigenvalue weighted by Gasteiger charge is -1.99. The largest absolute Gasteiger partial charge is 0.347 e. The molecular weight excluding hydrogens is 248 g/mol. The Balaban J connectivity index is 1.94. The fourth-order valence-corrected chi connectivity index (χ4v) is 2.11. The molecule has 5 nitrogen and oxygen atoms in total. The molecule has 92 valence electrons. The number of amides is 1. The van der Waals surface area contributed by atoms with Crippen LogP contribution in [0.3, 0.4) is 0 Å². The number of imidazole rings is 1. The average molecular weight is 260 g/mol. The van der Waals surface area contributed by atoms with E-state index in [0.717, 1.165) is 10.7 Å². The van der Waals surface area contributed by atoms with Gasteiger partial charge in [-0.2, -0.15) is 0 Å². The first kappa shape index (κ1) is 12.4. The fraction of sp³-hybridized carbons (Fsp3) is 0.167. The smallest absolute Gasteiger partial charge is 0.261 e. The van der Waals surface area contributed by atoms with Gasteiger partial charge in [0.1, 0.15) is 5.82 Å². The number of rotatable bonds is 3. The molecule has 0 saturated carbocycles. The first-order chi connectivity index (χ1) is 8.79. The van der Waals surface area contributed by atoms with E-state index in [1.165, 1.54) is 11.3 Å². The first-order valence-corrected chi connectivity index (χ1v) is 6.16. The van der Waals surface area contributed by atoms with Gasteiger partial charge in [0.2, 0.25) is 0 Å².